The van der Waals surface area contributed by atoms with Gasteiger partial charge in [-0.05, 0) is 24.9 Å². The molecular weight excluding hydrogens is 208 g/mol. The first-order valence-corrected chi connectivity index (χ1v) is 5.40. The van der Waals surface area contributed by atoms with E-state index in [9.17, 15) is 8.78 Å². The van der Waals surface area contributed by atoms with Crippen molar-refractivity contribution in [3.63, 3.8) is 0 Å². The smallest absolute Gasteiger partial charge is 0.163 e. The molecular formula is C13H19F2N. The number of benzene rings is 1. The molecule has 1 unspecified atom stereocenters. The molecule has 1 atom stereocenters. The number of halogens is 2. The minimum Gasteiger partial charge on any atom is -0.312 e. The van der Waals surface area contributed by atoms with Gasteiger partial charge in [0.25, 0.3) is 0 Å². The molecule has 0 radical (unpaired) electrons. The van der Waals surface area contributed by atoms with Gasteiger partial charge in [0.05, 0.1) is 0 Å². The molecule has 0 aliphatic carbocycles. The van der Waals surface area contributed by atoms with Crippen LogP contribution >= 0.6 is 0 Å². The summed E-state index contributed by atoms with van der Waals surface area (Å²) in [5.41, 5.74) is 0.556. The van der Waals surface area contributed by atoms with Crippen molar-refractivity contribution >= 4 is 0 Å². The first-order chi connectivity index (χ1) is 7.29. The normalized spacial score (nSPS) is 13.9. The van der Waals surface area contributed by atoms with Crippen molar-refractivity contribution in [2.45, 2.75) is 33.7 Å². The number of rotatable bonds is 2. The molecule has 0 aliphatic rings. The summed E-state index contributed by atoms with van der Waals surface area (Å²) in [5.74, 6) is -1.49. The second-order valence-electron chi connectivity index (χ2n) is 5.19. The van der Waals surface area contributed by atoms with Crippen molar-refractivity contribution < 1.29 is 8.78 Å². The van der Waals surface area contributed by atoms with E-state index in [0.717, 1.165) is 0 Å². The molecule has 16 heavy (non-hydrogen) atoms. The monoisotopic (exact) mass is 227 g/mol. The van der Waals surface area contributed by atoms with Crippen LogP contribution in [0.25, 0.3) is 0 Å². The Morgan fingerprint density at radius 1 is 1.12 bits per heavy atom. The summed E-state index contributed by atoms with van der Waals surface area (Å²) in [5, 5.41) is 3.04. The highest BCUT2D eigenvalue weighted by atomic mass is 19.2. The SMILES string of the molecule is CNC(c1ccc(C)c(F)c1F)C(C)(C)C. The summed E-state index contributed by atoms with van der Waals surface area (Å²) in [4.78, 5) is 0. The fourth-order valence-electron chi connectivity index (χ4n) is 1.94. The van der Waals surface area contributed by atoms with E-state index in [1.54, 1.807) is 26.1 Å². The van der Waals surface area contributed by atoms with Crippen molar-refractivity contribution in [1.82, 2.24) is 5.32 Å². The maximum Gasteiger partial charge on any atom is 0.163 e. The van der Waals surface area contributed by atoms with E-state index in [-0.39, 0.29) is 11.5 Å². The largest absolute Gasteiger partial charge is 0.312 e. The van der Waals surface area contributed by atoms with Crippen molar-refractivity contribution in [3.05, 3.63) is 34.9 Å². The molecule has 0 aliphatic heterocycles. The first kappa shape index (κ1) is 13.1. The fraction of sp³-hybridized carbons (Fsp3) is 0.538. The minimum absolute atomic E-state index is 0.169. The van der Waals surface area contributed by atoms with Crippen LogP contribution < -0.4 is 5.32 Å². The first-order valence-electron chi connectivity index (χ1n) is 5.40. The van der Waals surface area contributed by atoms with Gasteiger partial charge in [-0.1, -0.05) is 32.9 Å². The van der Waals surface area contributed by atoms with Crippen molar-refractivity contribution in [2.24, 2.45) is 5.41 Å². The Hall–Kier alpha value is -0.960. The predicted octanol–water partition coefficient (Wildman–Crippen LogP) is 3.58. The topological polar surface area (TPSA) is 12.0 Å². The molecule has 0 saturated carbocycles. The van der Waals surface area contributed by atoms with Gasteiger partial charge < -0.3 is 5.32 Å². The predicted molar refractivity (Wildman–Crippen MR) is 62.4 cm³/mol. The Morgan fingerprint density at radius 3 is 2.12 bits per heavy atom. The molecule has 0 heterocycles. The van der Waals surface area contributed by atoms with Gasteiger partial charge in [-0.25, -0.2) is 8.78 Å². The van der Waals surface area contributed by atoms with Gasteiger partial charge in [-0.2, -0.15) is 0 Å². The van der Waals surface area contributed by atoms with E-state index in [0.29, 0.717) is 11.1 Å². The lowest BCUT2D eigenvalue weighted by atomic mass is 9.82. The third-order valence-corrected chi connectivity index (χ3v) is 2.77. The average Bonchev–Trinajstić information content (AvgIpc) is 2.17. The van der Waals surface area contributed by atoms with Crippen LogP contribution in [0.4, 0.5) is 8.78 Å². The van der Waals surface area contributed by atoms with E-state index in [4.69, 9.17) is 0 Å². The zero-order valence-corrected chi connectivity index (χ0v) is 10.5. The lowest BCUT2D eigenvalue weighted by Gasteiger charge is -2.31. The zero-order valence-electron chi connectivity index (χ0n) is 10.5. The van der Waals surface area contributed by atoms with E-state index >= 15 is 0 Å². The second-order valence-corrected chi connectivity index (χ2v) is 5.19. The van der Waals surface area contributed by atoms with Crippen LogP contribution in [0.2, 0.25) is 0 Å². The molecule has 1 N–H and O–H groups in total. The van der Waals surface area contributed by atoms with Gasteiger partial charge in [-0.3, -0.25) is 0 Å². The van der Waals surface area contributed by atoms with Crippen molar-refractivity contribution in [1.29, 1.82) is 0 Å². The molecule has 3 heteroatoms. The van der Waals surface area contributed by atoms with Crippen LogP contribution in [-0.2, 0) is 0 Å². The Morgan fingerprint density at radius 2 is 1.69 bits per heavy atom. The summed E-state index contributed by atoms with van der Waals surface area (Å²) in [6.07, 6.45) is 0. The van der Waals surface area contributed by atoms with Crippen LogP contribution in [-0.4, -0.2) is 7.05 Å². The van der Waals surface area contributed by atoms with Crippen LogP contribution in [0.1, 0.15) is 37.9 Å². The number of aryl methyl sites for hydroxylation is 1. The van der Waals surface area contributed by atoms with E-state index in [1.807, 2.05) is 20.8 Å². The van der Waals surface area contributed by atoms with Gasteiger partial charge in [-0.15, -0.1) is 0 Å². The Kier molecular flexibility index (Phi) is 3.68. The molecule has 0 fully saturated rings. The molecule has 0 saturated heterocycles. The highest BCUT2D eigenvalue weighted by Crippen LogP contribution is 2.34. The molecule has 0 spiro atoms. The second kappa shape index (κ2) is 4.50. The van der Waals surface area contributed by atoms with Crippen LogP contribution in [0, 0.1) is 24.0 Å². The maximum atomic E-state index is 13.8. The molecule has 0 aromatic heterocycles. The third kappa shape index (κ3) is 2.40. The molecule has 0 bridgehead atoms. The van der Waals surface area contributed by atoms with Gasteiger partial charge in [0.15, 0.2) is 11.6 Å². The number of hydrogen-bond acceptors (Lipinski definition) is 1. The quantitative estimate of drug-likeness (QED) is 0.814. The van der Waals surface area contributed by atoms with Crippen LogP contribution in [0.3, 0.4) is 0 Å². The Bertz CT molecular complexity index is 380. The Labute approximate surface area is 95.9 Å². The molecule has 1 rings (SSSR count). The third-order valence-electron chi connectivity index (χ3n) is 2.77. The number of nitrogens with one attached hydrogen (secondary N) is 1. The van der Waals surface area contributed by atoms with E-state index in [1.165, 1.54) is 0 Å². The van der Waals surface area contributed by atoms with Crippen LogP contribution in [0.15, 0.2) is 12.1 Å². The van der Waals surface area contributed by atoms with Crippen LogP contribution in [0.5, 0.6) is 0 Å². The average molecular weight is 227 g/mol. The summed E-state index contributed by atoms with van der Waals surface area (Å²) in [6.45, 7) is 7.54. The summed E-state index contributed by atoms with van der Waals surface area (Å²) in [7, 11) is 1.76. The molecule has 90 valence electrons. The standard InChI is InChI=1S/C13H19F2N/c1-8-6-7-9(11(15)10(8)14)12(16-5)13(2,3)4/h6-7,12,16H,1-5H3. The zero-order chi connectivity index (χ0) is 12.5. The van der Waals surface area contributed by atoms with E-state index in [2.05, 4.69) is 5.32 Å². The summed E-state index contributed by atoms with van der Waals surface area (Å²) >= 11 is 0. The fourth-order valence-corrected chi connectivity index (χ4v) is 1.94. The molecule has 1 aromatic rings. The minimum atomic E-state index is -0.748. The lowest BCUT2D eigenvalue weighted by molar-refractivity contribution is 0.277. The lowest BCUT2D eigenvalue weighted by Crippen LogP contribution is -2.30. The summed E-state index contributed by atoms with van der Waals surface area (Å²) in [6, 6.07) is 3.06. The van der Waals surface area contributed by atoms with Gasteiger partial charge in [0.1, 0.15) is 0 Å². The molecule has 0 amide bonds. The van der Waals surface area contributed by atoms with E-state index < -0.39 is 11.6 Å². The highest BCUT2D eigenvalue weighted by Gasteiger charge is 2.28. The van der Waals surface area contributed by atoms with Crippen molar-refractivity contribution in [3.8, 4) is 0 Å². The Balaban J connectivity index is 3.27. The highest BCUT2D eigenvalue weighted by molar-refractivity contribution is 5.28. The van der Waals surface area contributed by atoms with Crippen molar-refractivity contribution in [2.75, 3.05) is 7.05 Å². The summed E-state index contributed by atoms with van der Waals surface area (Å²) < 4.78 is 27.3. The van der Waals surface area contributed by atoms with Gasteiger partial charge >= 0.3 is 0 Å². The number of hydrogen-bond donors (Lipinski definition) is 1. The van der Waals surface area contributed by atoms with Gasteiger partial charge in [0.2, 0.25) is 0 Å². The van der Waals surface area contributed by atoms with Gasteiger partial charge in [0, 0.05) is 11.6 Å². The maximum absolute atomic E-state index is 13.8. The molecule has 1 nitrogen and oxygen atoms in total. The molecule has 1 aromatic carbocycles.